The summed E-state index contributed by atoms with van der Waals surface area (Å²) in [4.78, 5) is 2.52. The molecule has 0 aliphatic carbocycles. The summed E-state index contributed by atoms with van der Waals surface area (Å²) in [5, 5.41) is 0. The van der Waals surface area contributed by atoms with Gasteiger partial charge in [-0.2, -0.15) is 0 Å². The SMILES string of the molecule is C=C(C)/C=C\C=C\CCC(=C)N(C(C)C)C(CC)C(C)C. The van der Waals surface area contributed by atoms with E-state index in [9.17, 15) is 0 Å². The van der Waals surface area contributed by atoms with Crippen LogP contribution in [0.5, 0.6) is 0 Å². The summed E-state index contributed by atoms with van der Waals surface area (Å²) in [6.45, 7) is 21.6. The fraction of sp³-hybridized carbons (Fsp3) is 0.600. The minimum absolute atomic E-state index is 0.511. The lowest BCUT2D eigenvalue weighted by molar-refractivity contribution is 0.153. The van der Waals surface area contributed by atoms with Crippen molar-refractivity contribution in [2.24, 2.45) is 5.92 Å². The second kappa shape index (κ2) is 10.5. The summed E-state index contributed by atoms with van der Waals surface area (Å²) in [5.41, 5.74) is 2.34. The molecular weight excluding hydrogens is 254 g/mol. The van der Waals surface area contributed by atoms with Crippen molar-refractivity contribution in [3.8, 4) is 0 Å². The van der Waals surface area contributed by atoms with Gasteiger partial charge in [0.2, 0.25) is 0 Å². The molecule has 1 unspecified atom stereocenters. The lowest BCUT2D eigenvalue weighted by atomic mass is 9.97. The summed E-state index contributed by atoms with van der Waals surface area (Å²) in [6, 6.07) is 1.10. The molecule has 0 N–H and O–H groups in total. The molecule has 0 aromatic rings. The van der Waals surface area contributed by atoms with Gasteiger partial charge < -0.3 is 4.90 Å². The Morgan fingerprint density at radius 2 is 1.71 bits per heavy atom. The van der Waals surface area contributed by atoms with Crippen molar-refractivity contribution in [3.63, 3.8) is 0 Å². The summed E-state index contributed by atoms with van der Waals surface area (Å²) >= 11 is 0. The predicted octanol–water partition coefficient (Wildman–Crippen LogP) is 6.11. The van der Waals surface area contributed by atoms with E-state index in [1.165, 1.54) is 12.1 Å². The minimum Gasteiger partial charge on any atom is -0.370 e. The van der Waals surface area contributed by atoms with Crippen molar-refractivity contribution in [2.75, 3.05) is 0 Å². The van der Waals surface area contributed by atoms with Crippen LogP contribution in [0.3, 0.4) is 0 Å². The molecule has 120 valence electrons. The molecular formula is C20H35N. The molecule has 0 aromatic heterocycles. The zero-order valence-corrected chi connectivity index (χ0v) is 15.0. The maximum atomic E-state index is 4.33. The van der Waals surface area contributed by atoms with Crippen LogP contribution < -0.4 is 0 Å². The van der Waals surface area contributed by atoms with Gasteiger partial charge in [0, 0.05) is 17.8 Å². The minimum atomic E-state index is 0.511. The number of allylic oxidation sites excluding steroid dienone is 6. The van der Waals surface area contributed by atoms with Crippen molar-refractivity contribution in [1.82, 2.24) is 4.90 Å². The van der Waals surface area contributed by atoms with Gasteiger partial charge in [-0.15, -0.1) is 0 Å². The Bertz CT molecular complexity index is 371. The van der Waals surface area contributed by atoms with E-state index >= 15 is 0 Å². The fourth-order valence-corrected chi connectivity index (χ4v) is 2.75. The van der Waals surface area contributed by atoms with Crippen LogP contribution in [0.25, 0.3) is 0 Å². The van der Waals surface area contributed by atoms with Crippen molar-refractivity contribution < 1.29 is 0 Å². The Balaban J connectivity index is 4.54. The summed E-state index contributed by atoms with van der Waals surface area (Å²) < 4.78 is 0. The first-order valence-electron chi connectivity index (χ1n) is 8.26. The van der Waals surface area contributed by atoms with E-state index in [0.717, 1.165) is 18.4 Å². The molecule has 21 heavy (non-hydrogen) atoms. The van der Waals surface area contributed by atoms with Gasteiger partial charge in [-0.1, -0.05) is 63.8 Å². The molecule has 1 heteroatoms. The van der Waals surface area contributed by atoms with Crippen molar-refractivity contribution in [2.45, 2.75) is 72.9 Å². The van der Waals surface area contributed by atoms with Crippen molar-refractivity contribution in [1.29, 1.82) is 0 Å². The number of rotatable bonds is 10. The maximum absolute atomic E-state index is 4.33. The lowest BCUT2D eigenvalue weighted by Gasteiger charge is -2.40. The molecule has 1 atom stereocenters. The first kappa shape index (κ1) is 19.8. The molecule has 0 saturated heterocycles. The Morgan fingerprint density at radius 3 is 2.14 bits per heavy atom. The molecule has 0 rings (SSSR count). The van der Waals surface area contributed by atoms with Gasteiger partial charge in [-0.05, 0) is 46.0 Å². The highest BCUT2D eigenvalue weighted by molar-refractivity contribution is 5.17. The Labute approximate surface area is 133 Å². The Hall–Kier alpha value is -1.24. The first-order chi connectivity index (χ1) is 9.81. The predicted molar refractivity (Wildman–Crippen MR) is 97.4 cm³/mol. The molecule has 0 aliphatic heterocycles. The summed E-state index contributed by atoms with van der Waals surface area (Å²) in [7, 11) is 0. The molecule has 0 aliphatic rings. The second-order valence-electron chi connectivity index (χ2n) is 6.46. The molecule has 0 aromatic carbocycles. The van der Waals surface area contributed by atoms with Crippen LogP contribution in [0.4, 0.5) is 0 Å². The Morgan fingerprint density at radius 1 is 1.10 bits per heavy atom. The summed E-state index contributed by atoms with van der Waals surface area (Å²) in [5.74, 6) is 0.656. The number of hydrogen-bond acceptors (Lipinski definition) is 1. The van der Waals surface area contributed by atoms with E-state index in [1.807, 2.05) is 19.1 Å². The van der Waals surface area contributed by atoms with E-state index in [0.29, 0.717) is 18.0 Å². The third kappa shape index (κ3) is 7.94. The molecule has 0 bridgehead atoms. The zero-order chi connectivity index (χ0) is 16.4. The number of hydrogen-bond donors (Lipinski definition) is 0. The quantitative estimate of drug-likeness (QED) is 0.438. The maximum Gasteiger partial charge on any atom is 0.0309 e. The largest absolute Gasteiger partial charge is 0.370 e. The molecule has 0 fully saturated rings. The van der Waals surface area contributed by atoms with Crippen LogP contribution in [-0.2, 0) is 0 Å². The first-order valence-corrected chi connectivity index (χ1v) is 8.26. The van der Waals surface area contributed by atoms with Crippen LogP contribution in [-0.4, -0.2) is 17.0 Å². The molecule has 0 saturated carbocycles. The molecule has 0 radical (unpaired) electrons. The number of nitrogens with zero attached hydrogens (tertiary/aromatic N) is 1. The fourth-order valence-electron chi connectivity index (χ4n) is 2.75. The highest BCUT2D eigenvalue weighted by Gasteiger charge is 2.23. The van der Waals surface area contributed by atoms with Crippen LogP contribution in [0.2, 0.25) is 0 Å². The van der Waals surface area contributed by atoms with E-state index in [1.54, 1.807) is 0 Å². The highest BCUT2D eigenvalue weighted by atomic mass is 15.2. The standard InChI is InChI=1S/C20H35N/c1-9-20(17(4)5)21(18(6)7)19(8)15-13-11-10-12-14-16(2)3/h10-12,14,17-18,20H,2,8-9,13,15H2,1,3-7H3/b11-10+,14-12-. The van der Waals surface area contributed by atoms with Crippen LogP contribution in [0.15, 0.2) is 48.7 Å². The van der Waals surface area contributed by atoms with Crippen molar-refractivity contribution >= 4 is 0 Å². The van der Waals surface area contributed by atoms with Gasteiger partial charge in [0.25, 0.3) is 0 Å². The van der Waals surface area contributed by atoms with Crippen LogP contribution in [0.1, 0.15) is 60.8 Å². The molecule has 0 spiro atoms. The smallest absolute Gasteiger partial charge is 0.0309 e. The van der Waals surface area contributed by atoms with E-state index < -0.39 is 0 Å². The third-order valence-electron chi connectivity index (χ3n) is 3.69. The average Bonchev–Trinajstić information content (AvgIpc) is 2.38. The second-order valence-corrected chi connectivity index (χ2v) is 6.46. The van der Waals surface area contributed by atoms with E-state index in [-0.39, 0.29) is 0 Å². The Kier molecular flexibility index (Phi) is 9.86. The summed E-state index contributed by atoms with van der Waals surface area (Å²) in [6.07, 6.45) is 11.6. The molecule has 1 nitrogen and oxygen atoms in total. The zero-order valence-electron chi connectivity index (χ0n) is 15.0. The van der Waals surface area contributed by atoms with Crippen LogP contribution in [0, 0.1) is 5.92 Å². The third-order valence-corrected chi connectivity index (χ3v) is 3.69. The monoisotopic (exact) mass is 289 g/mol. The normalized spacial score (nSPS) is 13.5. The van der Waals surface area contributed by atoms with Gasteiger partial charge >= 0.3 is 0 Å². The lowest BCUT2D eigenvalue weighted by Crippen LogP contribution is -2.42. The van der Waals surface area contributed by atoms with Gasteiger partial charge in [0.05, 0.1) is 0 Å². The highest BCUT2D eigenvalue weighted by Crippen LogP contribution is 2.24. The topological polar surface area (TPSA) is 3.24 Å². The van der Waals surface area contributed by atoms with Gasteiger partial charge in [0.15, 0.2) is 0 Å². The van der Waals surface area contributed by atoms with Crippen molar-refractivity contribution in [3.05, 3.63) is 48.7 Å². The van der Waals surface area contributed by atoms with Gasteiger partial charge in [-0.3, -0.25) is 0 Å². The van der Waals surface area contributed by atoms with E-state index in [4.69, 9.17) is 0 Å². The molecule has 0 heterocycles. The van der Waals surface area contributed by atoms with Crippen LogP contribution >= 0.6 is 0 Å². The van der Waals surface area contributed by atoms with Gasteiger partial charge in [-0.25, -0.2) is 0 Å². The average molecular weight is 290 g/mol. The molecule has 0 amide bonds. The van der Waals surface area contributed by atoms with E-state index in [2.05, 4.69) is 64.8 Å². The van der Waals surface area contributed by atoms with Gasteiger partial charge in [0.1, 0.15) is 0 Å².